The second kappa shape index (κ2) is 8.07. The number of benzene rings is 1. The molecule has 0 saturated heterocycles. The van der Waals surface area contributed by atoms with E-state index in [1.165, 1.54) is 27.8 Å². The Morgan fingerprint density at radius 1 is 1.23 bits per heavy atom. The van der Waals surface area contributed by atoms with Crippen molar-refractivity contribution in [3.63, 3.8) is 0 Å². The van der Waals surface area contributed by atoms with Gasteiger partial charge in [0.25, 0.3) is 5.56 Å². The molecule has 3 aromatic heterocycles. The van der Waals surface area contributed by atoms with Gasteiger partial charge in [-0.05, 0) is 49.3 Å². The van der Waals surface area contributed by atoms with Gasteiger partial charge in [-0.25, -0.2) is 4.98 Å². The van der Waals surface area contributed by atoms with Crippen LogP contribution in [0, 0.1) is 0 Å². The van der Waals surface area contributed by atoms with Crippen LogP contribution < -0.4 is 10.9 Å². The van der Waals surface area contributed by atoms with Crippen molar-refractivity contribution in [2.24, 2.45) is 0 Å². The lowest BCUT2D eigenvalue weighted by atomic mass is 9.97. The fourth-order valence-corrected chi connectivity index (χ4v) is 5.55. The molecule has 0 spiro atoms. The fourth-order valence-electron chi connectivity index (χ4n) is 4.33. The number of nitrogens with one attached hydrogen (secondary N) is 2. The van der Waals surface area contributed by atoms with E-state index in [-0.39, 0.29) is 17.9 Å². The molecule has 3 heterocycles. The van der Waals surface area contributed by atoms with Gasteiger partial charge in [0.2, 0.25) is 5.91 Å². The van der Waals surface area contributed by atoms with Crippen molar-refractivity contribution >= 4 is 38.4 Å². The monoisotopic (exact) mass is 420 g/mol. The second-order valence-corrected chi connectivity index (χ2v) is 8.93. The molecular formula is C23H24N4O2S. The van der Waals surface area contributed by atoms with Crippen LogP contribution in [0.3, 0.4) is 0 Å². The van der Waals surface area contributed by atoms with Gasteiger partial charge in [0.1, 0.15) is 4.83 Å². The van der Waals surface area contributed by atoms with Gasteiger partial charge >= 0.3 is 0 Å². The van der Waals surface area contributed by atoms with Gasteiger partial charge in [0.15, 0.2) is 0 Å². The highest BCUT2D eigenvalue weighted by Crippen LogP contribution is 2.33. The largest absolute Gasteiger partial charge is 0.361 e. The van der Waals surface area contributed by atoms with Gasteiger partial charge in [-0.15, -0.1) is 11.3 Å². The van der Waals surface area contributed by atoms with Crippen LogP contribution in [0.2, 0.25) is 0 Å². The Hall–Kier alpha value is -2.93. The van der Waals surface area contributed by atoms with Crippen LogP contribution in [0.1, 0.15) is 35.3 Å². The van der Waals surface area contributed by atoms with Crippen molar-refractivity contribution in [3.8, 4) is 0 Å². The van der Waals surface area contributed by atoms with Gasteiger partial charge in [-0.1, -0.05) is 18.2 Å². The summed E-state index contributed by atoms with van der Waals surface area (Å²) in [6.45, 7) is 0.927. The third-order valence-corrected chi connectivity index (χ3v) is 7.11. The lowest BCUT2D eigenvalue weighted by Crippen LogP contribution is -2.29. The molecule has 2 N–H and O–H groups in total. The number of hydrogen-bond acceptors (Lipinski definition) is 4. The highest BCUT2D eigenvalue weighted by Gasteiger charge is 2.20. The first kappa shape index (κ1) is 19.1. The van der Waals surface area contributed by atoms with E-state index in [4.69, 9.17) is 0 Å². The number of aryl methyl sites for hydroxylation is 3. The van der Waals surface area contributed by atoms with Crippen LogP contribution in [0.25, 0.3) is 21.1 Å². The molecule has 154 valence electrons. The molecule has 0 fully saturated rings. The number of H-pyrrole nitrogens is 1. The summed E-state index contributed by atoms with van der Waals surface area (Å²) in [4.78, 5) is 35.2. The third kappa shape index (κ3) is 3.54. The molecular weight excluding hydrogens is 396 g/mol. The number of amides is 1. The number of carbonyl (C=O) groups is 1. The third-order valence-electron chi connectivity index (χ3n) is 5.91. The summed E-state index contributed by atoms with van der Waals surface area (Å²) in [5.74, 6) is -0.0471. The summed E-state index contributed by atoms with van der Waals surface area (Å²) < 4.78 is 1.59. The number of fused-ring (bicyclic) bond motifs is 4. The van der Waals surface area contributed by atoms with E-state index in [0.29, 0.717) is 13.1 Å². The Labute approximate surface area is 178 Å². The minimum Gasteiger partial charge on any atom is -0.361 e. The number of hydrogen-bond donors (Lipinski definition) is 2. The van der Waals surface area contributed by atoms with Crippen molar-refractivity contribution in [2.75, 3.05) is 6.54 Å². The zero-order valence-corrected chi connectivity index (χ0v) is 17.6. The molecule has 0 radical (unpaired) electrons. The molecule has 1 aromatic carbocycles. The molecule has 1 amide bonds. The Morgan fingerprint density at radius 3 is 3.03 bits per heavy atom. The Morgan fingerprint density at radius 2 is 2.10 bits per heavy atom. The SMILES string of the molecule is O=C(CCn1cnc2sc3c(c2c1=O)CCCC3)NCCc1c[nH]c2ccccc12. The minimum absolute atomic E-state index is 0.00834. The fraction of sp³-hybridized carbons (Fsp3) is 0.348. The predicted octanol–water partition coefficient (Wildman–Crippen LogP) is 3.57. The molecule has 0 bridgehead atoms. The van der Waals surface area contributed by atoms with E-state index in [9.17, 15) is 9.59 Å². The van der Waals surface area contributed by atoms with Crippen LogP contribution in [0.15, 0.2) is 41.6 Å². The minimum atomic E-state index is -0.0471. The van der Waals surface area contributed by atoms with E-state index in [2.05, 4.69) is 21.4 Å². The first-order valence-corrected chi connectivity index (χ1v) is 11.3. The molecule has 1 aliphatic rings. The van der Waals surface area contributed by atoms with Crippen LogP contribution in [0.5, 0.6) is 0 Å². The average molecular weight is 421 g/mol. The van der Waals surface area contributed by atoms with E-state index < -0.39 is 0 Å². The molecule has 7 heteroatoms. The molecule has 0 aliphatic heterocycles. The van der Waals surface area contributed by atoms with E-state index in [0.717, 1.165) is 41.4 Å². The summed E-state index contributed by atoms with van der Waals surface area (Å²) in [7, 11) is 0. The number of carbonyl (C=O) groups excluding carboxylic acids is 1. The van der Waals surface area contributed by atoms with Crippen LogP contribution in [-0.4, -0.2) is 27.0 Å². The lowest BCUT2D eigenvalue weighted by Gasteiger charge is -2.10. The molecule has 0 unspecified atom stereocenters. The smallest absolute Gasteiger partial charge is 0.262 e. The van der Waals surface area contributed by atoms with Gasteiger partial charge in [-0.2, -0.15) is 0 Å². The van der Waals surface area contributed by atoms with Gasteiger partial charge in [-0.3, -0.25) is 14.2 Å². The first-order valence-electron chi connectivity index (χ1n) is 10.5. The zero-order chi connectivity index (χ0) is 20.5. The molecule has 5 rings (SSSR count). The van der Waals surface area contributed by atoms with Gasteiger partial charge < -0.3 is 10.3 Å². The van der Waals surface area contributed by atoms with E-state index in [1.54, 1.807) is 22.2 Å². The molecule has 30 heavy (non-hydrogen) atoms. The molecule has 0 saturated carbocycles. The summed E-state index contributed by atoms with van der Waals surface area (Å²) in [6.07, 6.45) is 8.96. The summed E-state index contributed by atoms with van der Waals surface area (Å²) in [6, 6.07) is 8.16. The number of rotatable bonds is 6. The summed E-state index contributed by atoms with van der Waals surface area (Å²) in [5.41, 5.74) is 3.48. The number of aromatic amines is 1. The van der Waals surface area contributed by atoms with Crippen molar-refractivity contribution in [1.29, 1.82) is 0 Å². The first-order chi connectivity index (χ1) is 14.7. The van der Waals surface area contributed by atoms with Gasteiger partial charge in [0.05, 0.1) is 11.7 Å². The van der Waals surface area contributed by atoms with Gasteiger partial charge in [0, 0.05) is 41.5 Å². The van der Waals surface area contributed by atoms with Crippen molar-refractivity contribution < 1.29 is 4.79 Å². The Balaban J connectivity index is 1.21. The number of thiophene rings is 1. The molecule has 0 atom stereocenters. The van der Waals surface area contributed by atoms with Crippen molar-refractivity contribution in [1.82, 2.24) is 19.9 Å². The maximum Gasteiger partial charge on any atom is 0.262 e. The maximum absolute atomic E-state index is 13.0. The molecule has 4 aromatic rings. The number of aromatic nitrogens is 3. The average Bonchev–Trinajstić information content (AvgIpc) is 3.35. The highest BCUT2D eigenvalue weighted by molar-refractivity contribution is 7.18. The van der Waals surface area contributed by atoms with Crippen LogP contribution in [-0.2, 0) is 30.6 Å². The second-order valence-electron chi connectivity index (χ2n) is 7.84. The van der Waals surface area contributed by atoms with Crippen molar-refractivity contribution in [3.05, 3.63) is 63.1 Å². The molecule has 1 aliphatic carbocycles. The van der Waals surface area contributed by atoms with Crippen LogP contribution in [0.4, 0.5) is 0 Å². The Bertz CT molecular complexity index is 1280. The Kier molecular flexibility index (Phi) is 5.12. The number of para-hydroxylation sites is 1. The normalized spacial score (nSPS) is 13.6. The predicted molar refractivity (Wildman–Crippen MR) is 120 cm³/mol. The molecule has 6 nitrogen and oxygen atoms in total. The number of nitrogens with zero attached hydrogens (tertiary/aromatic N) is 2. The van der Waals surface area contributed by atoms with Crippen LogP contribution >= 0.6 is 11.3 Å². The van der Waals surface area contributed by atoms with E-state index in [1.807, 2.05) is 24.4 Å². The van der Waals surface area contributed by atoms with E-state index >= 15 is 0 Å². The summed E-state index contributed by atoms with van der Waals surface area (Å²) >= 11 is 1.65. The zero-order valence-electron chi connectivity index (χ0n) is 16.7. The topological polar surface area (TPSA) is 79.8 Å². The quantitative estimate of drug-likeness (QED) is 0.500. The van der Waals surface area contributed by atoms with Crippen molar-refractivity contribution in [2.45, 2.75) is 45.1 Å². The highest BCUT2D eigenvalue weighted by atomic mass is 32.1. The standard InChI is InChI=1S/C23H24N4O2S/c28-20(24-11-9-15-13-25-18-7-3-1-5-16(15)18)10-12-27-14-26-22-21(23(27)29)17-6-2-4-8-19(17)30-22/h1,3,5,7,13-14,25H,2,4,6,8-12H2,(H,24,28). The summed E-state index contributed by atoms with van der Waals surface area (Å²) in [5, 5.41) is 4.94. The maximum atomic E-state index is 13.0. The lowest BCUT2D eigenvalue weighted by molar-refractivity contribution is -0.121.